The van der Waals surface area contributed by atoms with Crippen molar-refractivity contribution in [1.82, 2.24) is 10.2 Å². The second kappa shape index (κ2) is 11.4. The zero-order chi connectivity index (χ0) is 20.6. The molecule has 3 rings (SSSR count). The molecular weight excluding hydrogens is 435 g/mol. The van der Waals surface area contributed by atoms with Crippen LogP contribution in [0.2, 0.25) is 0 Å². The number of amides is 1. The van der Waals surface area contributed by atoms with Crippen LogP contribution in [0.15, 0.2) is 22.7 Å². The third-order valence-corrected chi connectivity index (χ3v) is 7.44. The van der Waals surface area contributed by atoms with E-state index in [0.717, 1.165) is 48.3 Å². The third kappa shape index (κ3) is 7.34. The lowest BCUT2D eigenvalue weighted by atomic mass is 9.83. The van der Waals surface area contributed by atoms with Gasteiger partial charge in [0.25, 0.3) is 0 Å². The smallest absolute Gasteiger partial charge is 0.245 e. The standard InChI is InChI=1S/C23H34BrFN2O2/c24-22-8-5-20(25)15-19(22)14-18-9-12-27(13-10-18)11-1-2-17-3-6-21(7-4-17)26-23(29)16-28/h5,8,15,17-18,21,28H,1-4,6-7,9-14,16H2,(H,26,29)/t17-,21-. The summed E-state index contributed by atoms with van der Waals surface area (Å²) in [6.07, 6.45) is 10.3. The molecule has 0 bridgehead atoms. The molecular formula is C23H34BrFN2O2. The van der Waals surface area contributed by atoms with Gasteiger partial charge in [0.05, 0.1) is 0 Å². The van der Waals surface area contributed by atoms with E-state index in [-0.39, 0.29) is 17.8 Å². The van der Waals surface area contributed by atoms with Gasteiger partial charge in [-0.25, -0.2) is 4.39 Å². The van der Waals surface area contributed by atoms with Crippen LogP contribution in [0.1, 0.15) is 56.9 Å². The third-order valence-electron chi connectivity index (χ3n) is 6.67. The molecule has 1 aliphatic heterocycles. The Morgan fingerprint density at radius 3 is 2.55 bits per heavy atom. The number of nitrogens with zero attached hydrogens (tertiary/aromatic N) is 1. The number of hydrogen-bond donors (Lipinski definition) is 2. The van der Waals surface area contributed by atoms with Crippen molar-refractivity contribution in [1.29, 1.82) is 0 Å². The van der Waals surface area contributed by atoms with Gasteiger partial charge in [0.1, 0.15) is 12.4 Å². The molecule has 29 heavy (non-hydrogen) atoms. The van der Waals surface area contributed by atoms with Crippen LogP contribution in [-0.2, 0) is 11.2 Å². The van der Waals surface area contributed by atoms with E-state index in [4.69, 9.17) is 5.11 Å². The van der Waals surface area contributed by atoms with Crippen molar-refractivity contribution in [3.8, 4) is 0 Å². The second-order valence-electron chi connectivity index (χ2n) is 8.81. The van der Waals surface area contributed by atoms with E-state index in [1.807, 2.05) is 6.07 Å². The van der Waals surface area contributed by atoms with Gasteiger partial charge >= 0.3 is 0 Å². The first kappa shape index (κ1) is 22.7. The molecule has 1 saturated carbocycles. The number of aliphatic hydroxyl groups is 1. The molecule has 0 unspecified atom stereocenters. The Bertz CT molecular complexity index is 656. The van der Waals surface area contributed by atoms with E-state index in [9.17, 15) is 9.18 Å². The van der Waals surface area contributed by atoms with Crippen LogP contribution >= 0.6 is 15.9 Å². The normalized spacial score (nSPS) is 23.8. The summed E-state index contributed by atoms with van der Waals surface area (Å²) in [5.41, 5.74) is 1.09. The van der Waals surface area contributed by atoms with Crippen LogP contribution in [0.3, 0.4) is 0 Å². The molecule has 1 saturated heterocycles. The molecule has 2 aliphatic rings. The monoisotopic (exact) mass is 468 g/mol. The number of likely N-dealkylation sites (tertiary alicyclic amines) is 1. The summed E-state index contributed by atoms with van der Waals surface area (Å²) in [4.78, 5) is 13.9. The molecule has 2 N–H and O–H groups in total. The fourth-order valence-corrected chi connectivity index (χ4v) is 5.31. The fraction of sp³-hybridized carbons (Fsp3) is 0.696. The first-order valence-corrected chi connectivity index (χ1v) is 11.9. The van der Waals surface area contributed by atoms with Crippen molar-refractivity contribution in [2.75, 3.05) is 26.2 Å². The van der Waals surface area contributed by atoms with Crippen molar-refractivity contribution >= 4 is 21.8 Å². The number of nitrogens with one attached hydrogen (secondary N) is 1. The average molecular weight is 469 g/mol. The molecule has 0 spiro atoms. The van der Waals surface area contributed by atoms with Crippen molar-refractivity contribution in [2.45, 2.75) is 63.8 Å². The fourth-order valence-electron chi connectivity index (χ4n) is 4.90. The van der Waals surface area contributed by atoms with Crippen LogP contribution < -0.4 is 5.32 Å². The van der Waals surface area contributed by atoms with Gasteiger partial charge in [-0.1, -0.05) is 15.9 Å². The summed E-state index contributed by atoms with van der Waals surface area (Å²) < 4.78 is 14.5. The predicted molar refractivity (Wildman–Crippen MR) is 117 cm³/mol. The molecule has 0 radical (unpaired) electrons. The van der Waals surface area contributed by atoms with Crippen LogP contribution in [-0.4, -0.2) is 48.2 Å². The molecule has 6 heteroatoms. The summed E-state index contributed by atoms with van der Waals surface area (Å²) in [6, 6.07) is 5.24. The van der Waals surface area contributed by atoms with Gasteiger partial charge in [0.2, 0.25) is 5.91 Å². The van der Waals surface area contributed by atoms with E-state index in [1.54, 1.807) is 6.07 Å². The first-order chi connectivity index (χ1) is 14.0. The molecule has 2 fully saturated rings. The highest BCUT2D eigenvalue weighted by Crippen LogP contribution is 2.29. The Labute approximate surface area is 182 Å². The van der Waals surface area contributed by atoms with Gasteiger partial charge in [-0.2, -0.15) is 0 Å². The number of halogens is 2. The van der Waals surface area contributed by atoms with Crippen LogP contribution in [0, 0.1) is 17.7 Å². The number of rotatable bonds is 8. The Balaban J connectivity index is 1.29. The topological polar surface area (TPSA) is 52.6 Å². The van der Waals surface area contributed by atoms with Crippen LogP contribution in [0.4, 0.5) is 4.39 Å². The highest BCUT2D eigenvalue weighted by molar-refractivity contribution is 9.10. The Morgan fingerprint density at radius 2 is 1.86 bits per heavy atom. The molecule has 4 nitrogen and oxygen atoms in total. The van der Waals surface area contributed by atoms with E-state index < -0.39 is 6.61 Å². The molecule has 1 aromatic carbocycles. The van der Waals surface area contributed by atoms with Crippen LogP contribution in [0.25, 0.3) is 0 Å². The maximum Gasteiger partial charge on any atom is 0.245 e. The van der Waals surface area contributed by atoms with Crippen molar-refractivity contribution in [2.24, 2.45) is 11.8 Å². The van der Waals surface area contributed by atoms with Crippen molar-refractivity contribution in [3.05, 3.63) is 34.1 Å². The molecule has 1 amide bonds. The number of benzene rings is 1. The van der Waals surface area contributed by atoms with E-state index in [1.165, 1.54) is 51.1 Å². The quantitative estimate of drug-likeness (QED) is 0.598. The predicted octanol–water partition coefficient (Wildman–Crippen LogP) is 4.29. The Kier molecular flexibility index (Phi) is 8.94. The van der Waals surface area contributed by atoms with E-state index >= 15 is 0 Å². The Hall–Kier alpha value is -0.980. The maximum absolute atomic E-state index is 13.5. The zero-order valence-electron chi connectivity index (χ0n) is 17.2. The van der Waals surface area contributed by atoms with Gasteiger partial charge in [-0.3, -0.25) is 4.79 Å². The van der Waals surface area contributed by atoms with Crippen molar-refractivity contribution < 1.29 is 14.3 Å². The number of carbonyl (C=O) groups excluding carboxylic acids is 1. The minimum atomic E-state index is -0.407. The SMILES string of the molecule is O=C(CO)N[C@H]1CC[C@H](CCCN2CCC(Cc3cc(F)ccc3Br)CC2)CC1. The lowest BCUT2D eigenvalue weighted by Crippen LogP contribution is -2.39. The summed E-state index contributed by atoms with van der Waals surface area (Å²) in [7, 11) is 0. The van der Waals surface area contributed by atoms with Gasteiger partial charge in [-0.15, -0.1) is 0 Å². The maximum atomic E-state index is 13.5. The minimum Gasteiger partial charge on any atom is -0.387 e. The molecule has 0 atom stereocenters. The summed E-state index contributed by atoms with van der Waals surface area (Å²) in [5, 5.41) is 11.7. The zero-order valence-corrected chi connectivity index (χ0v) is 18.8. The molecule has 1 aromatic rings. The summed E-state index contributed by atoms with van der Waals surface area (Å²) >= 11 is 3.55. The van der Waals surface area contributed by atoms with Crippen LogP contribution in [0.5, 0.6) is 0 Å². The van der Waals surface area contributed by atoms with Gasteiger partial charge in [0, 0.05) is 10.5 Å². The minimum absolute atomic E-state index is 0.148. The van der Waals surface area contributed by atoms with Gasteiger partial charge < -0.3 is 15.3 Å². The molecule has 0 aromatic heterocycles. The lowest BCUT2D eigenvalue weighted by Gasteiger charge is -2.33. The first-order valence-electron chi connectivity index (χ1n) is 11.1. The Morgan fingerprint density at radius 1 is 1.14 bits per heavy atom. The number of carbonyl (C=O) groups is 1. The molecule has 162 valence electrons. The second-order valence-corrected chi connectivity index (χ2v) is 9.66. The van der Waals surface area contributed by atoms with E-state index in [2.05, 4.69) is 26.1 Å². The van der Waals surface area contributed by atoms with Gasteiger partial charge in [0.15, 0.2) is 0 Å². The lowest BCUT2D eigenvalue weighted by molar-refractivity contribution is -0.124. The summed E-state index contributed by atoms with van der Waals surface area (Å²) in [6.45, 7) is 3.07. The largest absolute Gasteiger partial charge is 0.387 e. The average Bonchev–Trinajstić information content (AvgIpc) is 2.73. The number of aliphatic hydroxyl groups excluding tert-OH is 1. The van der Waals surface area contributed by atoms with Crippen molar-refractivity contribution in [3.63, 3.8) is 0 Å². The molecule has 1 aliphatic carbocycles. The molecule has 1 heterocycles. The number of piperidine rings is 1. The summed E-state index contributed by atoms with van der Waals surface area (Å²) in [5.74, 6) is 1.03. The highest BCUT2D eigenvalue weighted by Gasteiger charge is 2.23. The highest BCUT2D eigenvalue weighted by atomic mass is 79.9. The van der Waals surface area contributed by atoms with E-state index in [0.29, 0.717) is 5.92 Å². The van der Waals surface area contributed by atoms with Gasteiger partial charge in [-0.05, 0) is 113 Å². The number of hydrogen-bond acceptors (Lipinski definition) is 3.